The number of likely N-dealkylation sites (N-methyl/N-ethyl adjacent to an activating group) is 1. The van der Waals surface area contributed by atoms with Gasteiger partial charge in [0.05, 0.1) is 12.1 Å². The SMILES string of the molecule is CN(Cc1cccs1)C(=O)COC(=O)/C=C/c1cccc2cccnc12. The molecular formula is C20H18N2O3S. The minimum atomic E-state index is -0.559. The summed E-state index contributed by atoms with van der Waals surface area (Å²) in [5.41, 5.74) is 1.63. The maximum absolute atomic E-state index is 12.0. The van der Waals surface area contributed by atoms with Gasteiger partial charge >= 0.3 is 5.97 Å². The monoisotopic (exact) mass is 366 g/mol. The number of esters is 1. The summed E-state index contributed by atoms with van der Waals surface area (Å²) in [5, 5.41) is 2.95. The van der Waals surface area contributed by atoms with Crippen molar-refractivity contribution in [3.8, 4) is 0 Å². The van der Waals surface area contributed by atoms with Crippen LogP contribution in [-0.4, -0.2) is 35.4 Å². The Bertz CT molecular complexity index is 930. The largest absolute Gasteiger partial charge is 0.452 e. The molecule has 0 N–H and O–H groups in total. The van der Waals surface area contributed by atoms with Gasteiger partial charge < -0.3 is 9.64 Å². The van der Waals surface area contributed by atoms with Gasteiger partial charge in [-0.05, 0) is 23.6 Å². The molecule has 0 fully saturated rings. The third-order valence-corrected chi connectivity index (χ3v) is 4.66. The first-order valence-corrected chi connectivity index (χ1v) is 8.96. The van der Waals surface area contributed by atoms with Gasteiger partial charge in [0.2, 0.25) is 0 Å². The van der Waals surface area contributed by atoms with Crippen molar-refractivity contribution in [3.63, 3.8) is 0 Å². The van der Waals surface area contributed by atoms with E-state index in [4.69, 9.17) is 4.74 Å². The lowest BCUT2D eigenvalue weighted by atomic mass is 10.1. The van der Waals surface area contributed by atoms with Crippen LogP contribution in [0.25, 0.3) is 17.0 Å². The van der Waals surface area contributed by atoms with Crippen molar-refractivity contribution in [1.29, 1.82) is 0 Å². The second-order valence-electron chi connectivity index (χ2n) is 5.69. The molecule has 1 aromatic carbocycles. The maximum atomic E-state index is 12.0. The van der Waals surface area contributed by atoms with Crippen LogP contribution in [0.1, 0.15) is 10.4 Å². The van der Waals surface area contributed by atoms with Gasteiger partial charge in [0.25, 0.3) is 5.91 Å². The molecule has 3 rings (SSSR count). The van der Waals surface area contributed by atoms with Crippen LogP contribution in [0.4, 0.5) is 0 Å². The Balaban J connectivity index is 1.55. The van der Waals surface area contributed by atoms with Crippen molar-refractivity contribution in [2.75, 3.05) is 13.7 Å². The van der Waals surface area contributed by atoms with Crippen molar-refractivity contribution >= 4 is 40.2 Å². The molecule has 2 aromatic heterocycles. The molecule has 3 aromatic rings. The van der Waals surface area contributed by atoms with E-state index in [9.17, 15) is 9.59 Å². The average molecular weight is 366 g/mol. The molecule has 1 amide bonds. The van der Waals surface area contributed by atoms with Crippen molar-refractivity contribution < 1.29 is 14.3 Å². The van der Waals surface area contributed by atoms with E-state index in [1.807, 2.05) is 47.8 Å². The molecule has 0 saturated carbocycles. The highest BCUT2D eigenvalue weighted by Crippen LogP contribution is 2.17. The molecule has 0 aliphatic rings. The normalized spacial score (nSPS) is 11.0. The smallest absolute Gasteiger partial charge is 0.331 e. The Kier molecular flexibility index (Phi) is 5.76. The van der Waals surface area contributed by atoms with E-state index in [-0.39, 0.29) is 12.5 Å². The molecular weight excluding hydrogens is 348 g/mol. The van der Waals surface area contributed by atoms with E-state index in [1.165, 1.54) is 11.0 Å². The van der Waals surface area contributed by atoms with E-state index in [1.54, 1.807) is 30.7 Å². The van der Waals surface area contributed by atoms with Gasteiger partial charge in [0.1, 0.15) is 0 Å². The van der Waals surface area contributed by atoms with Crippen LogP contribution in [0.3, 0.4) is 0 Å². The molecule has 0 radical (unpaired) electrons. The van der Waals surface area contributed by atoms with Crippen LogP contribution in [0.5, 0.6) is 0 Å². The van der Waals surface area contributed by atoms with E-state index < -0.39 is 5.97 Å². The number of carbonyl (C=O) groups is 2. The Morgan fingerprint density at radius 3 is 2.85 bits per heavy atom. The van der Waals surface area contributed by atoms with Gasteiger partial charge in [0.15, 0.2) is 6.61 Å². The summed E-state index contributed by atoms with van der Waals surface area (Å²) >= 11 is 1.58. The number of thiophene rings is 1. The fraction of sp³-hybridized carbons (Fsp3) is 0.150. The van der Waals surface area contributed by atoms with Crippen molar-refractivity contribution in [3.05, 3.63) is 70.6 Å². The van der Waals surface area contributed by atoms with Crippen LogP contribution in [-0.2, 0) is 20.9 Å². The number of ether oxygens (including phenoxy) is 1. The minimum Gasteiger partial charge on any atom is -0.452 e. The summed E-state index contributed by atoms with van der Waals surface area (Å²) in [6.45, 7) is 0.227. The highest BCUT2D eigenvalue weighted by Gasteiger charge is 2.12. The van der Waals surface area contributed by atoms with Crippen LogP contribution in [0.15, 0.2) is 60.1 Å². The van der Waals surface area contributed by atoms with E-state index >= 15 is 0 Å². The summed E-state index contributed by atoms with van der Waals surface area (Å²) in [4.78, 5) is 30.9. The predicted octanol–water partition coefficient (Wildman–Crippen LogP) is 3.51. The minimum absolute atomic E-state index is 0.244. The molecule has 2 heterocycles. The third kappa shape index (κ3) is 4.55. The number of fused-ring (bicyclic) bond motifs is 1. The number of hydrogen-bond donors (Lipinski definition) is 0. The molecule has 0 saturated heterocycles. The van der Waals surface area contributed by atoms with Crippen molar-refractivity contribution in [1.82, 2.24) is 9.88 Å². The molecule has 6 heteroatoms. The number of amides is 1. The van der Waals surface area contributed by atoms with Crippen LogP contribution >= 0.6 is 11.3 Å². The number of rotatable bonds is 6. The van der Waals surface area contributed by atoms with Gasteiger partial charge in [-0.25, -0.2) is 4.79 Å². The number of para-hydroxylation sites is 1. The number of pyridine rings is 1. The standard InChI is InChI=1S/C20H18N2O3S/c1-22(13-17-8-4-12-26-17)18(23)14-25-19(24)10-9-16-6-2-5-15-7-3-11-21-20(15)16/h2-12H,13-14H2,1H3/b10-9+. The second-order valence-corrected chi connectivity index (χ2v) is 6.72. The Labute approximate surface area is 155 Å². The summed E-state index contributed by atoms with van der Waals surface area (Å²) < 4.78 is 5.04. The van der Waals surface area contributed by atoms with Crippen molar-refractivity contribution in [2.45, 2.75) is 6.54 Å². The van der Waals surface area contributed by atoms with Gasteiger partial charge in [-0.15, -0.1) is 11.3 Å². The summed E-state index contributed by atoms with van der Waals surface area (Å²) in [6.07, 6.45) is 4.67. The summed E-state index contributed by atoms with van der Waals surface area (Å²) in [7, 11) is 1.69. The van der Waals surface area contributed by atoms with Crippen LogP contribution < -0.4 is 0 Å². The predicted molar refractivity (Wildman–Crippen MR) is 103 cm³/mol. The fourth-order valence-corrected chi connectivity index (χ4v) is 3.19. The molecule has 5 nitrogen and oxygen atoms in total. The van der Waals surface area contributed by atoms with E-state index in [0.29, 0.717) is 6.54 Å². The van der Waals surface area contributed by atoms with Gasteiger partial charge in [-0.2, -0.15) is 0 Å². The van der Waals surface area contributed by atoms with E-state index in [2.05, 4.69) is 4.98 Å². The van der Waals surface area contributed by atoms with Crippen molar-refractivity contribution in [2.24, 2.45) is 0 Å². The van der Waals surface area contributed by atoms with Crippen LogP contribution in [0, 0.1) is 0 Å². The molecule has 0 aliphatic carbocycles. The molecule has 0 atom stereocenters. The zero-order valence-electron chi connectivity index (χ0n) is 14.3. The number of hydrogen-bond acceptors (Lipinski definition) is 5. The molecule has 0 aliphatic heterocycles. The lowest BCUT2D eigenvalue weighted by Crippen LogP contribution is -2.30. The molecule has 0 bridgehead atoms. The average Bonchev–Trinajstić information content (AvgIpc) is 3.17. The Morgan fingerprint density at radius 1 is 1.19 bits per heavy atom. The van der Waals surface area contributed by atoms with Gasteiger partial charge in [0, 0.05) is 35.1 Å². The topological polar surface area (TPSA) is 59.5 Å². The highest BCUT2D eigenvalue weighted by atomic mass is 32.1. The lowest BCUT2D eigenvalue weighted by molar-refractivity contribution is -0.147. The maximum Gasteiger partial charge on any atom is 0.331 e. The summed E-state index contributed by atoms with van der Waals surface area (Å²) in [5.74, 6) is -0.803. The van der Waals surface area contributed by atoms with Crippen LogP contribution in [0.2, 0.25) is 0 Å². The van der Waals surface area contributed by atoms with Gasteiger partial charge in [-0.1, -0.05) is 30.3 Å². The zero-order chi connectivity index (χ0) is 18.4. The Hall–Kier alpha value is -2.99. The first-order chi connectivity index (χ1) is 12.6. The summed E-state index contributed by atoms with van der Waals surface area (Å²) in [6, 6.07) is 13.5. The second kappa shape index (κ2) is 8.40. The number of nitrogens with zero attached hydrogens (tertiary/aromatic N) is 2. The molecule has 26 heavy (non-hydrogen) atoms. The zero-order valence-corrected chi connectivity index (χ0v) is 15.1. The van der Waals surface area contributed by atoms with Gasteiger partial charge in [-0.3, -0.25) is 9.78 Å². The first-order valence-electron chi connectivity index (χ1n) is 8.08. The number of benzene rings is 1. The fourth-order valence-electron chi connectivity index (χ4n) is 2.44. The highest BCUT2D eigenvalue weighted by molar-refractivity contribution is 7.09. The molecule has 0 spiro atoms. The molecule has 0 unspecified atom stereocenters. The lowest BCUT2D eigenvalue weighted by Gasteiger charge is -2.15. The number of carbonyl (C=O) groups excluding carboxylic acids is 2. The third-order valence-electron chi connectivity index (χ3n) is 3.80. The quantitative estimate of drug-likeness (QED) is 0.495. The number of aromatic nitrogens is 1. The first kappa shape index (κ1) is 17.8. The molecule has 132 valence electrons. The Morgan fingerprint density at radius 2 is 2.04 bits per heavy atom. The van der Waals surface area contributed by atoms with E-state index in [0.717, 1.165) is 21.3 Å².